The van der Waals surface area contributed by atoms with Crippen LogP contribution in [0.25, 0.3) is 0 Å². The maximum Gasteiger partial charge on any atom is 0.431 e. The molecular formula is C24H28F4O8S. The van der Waals surface area contributed by atoms with Crippen molar-refractivity contribution in [3.63, 3.8) is 0 Å². The van der Waals surface area contributed by atoms with Crippen LogP contribution in [0.2, 0.25) is 0 Å². The second-order valence-corrected chi connectivity index (χ2v) is 11.9. The maximum atomic E-state index is 13.8. The van der Waals surface area contributed by atoms with E-state index in [1.165, 1.54) is 0 Å². The Morgan fingerprint density at radius 3 is 2.22 bits per heavy atom. The first-order valence-corrected chi connectivity index (χ1v) is 13.3. The van der Waals surface area contributed by atoms with Crippen molar-refractivity contribution in [3.05, 3.63) is 35.9 Å². The lowest BCUT2D eigenvalue weighted by molar-refractivity contribution is -0.216. The molecule has 13 heteroatoms. The van der Waals surface area contributed by atoms with E-state index in [4.69, 9.17) is 18.8 Å². The molecule has 0 aromatic heterocycles. The van der Waals surface area contributed by atoms with Crippen molar-refractivity contribution in [2.75, 3.05) is 13.2 Å². The first-order valence-electron chi connectivity index (χ1n) is 11.9. The number of carbonyl (C=O) groups excluding carboxylic acids is 2. The molecule has 0 amide bonds. The molecule has 4 aliphatic rings. The third-order valence-corrected chi connectivity index (χ3v) is 8.52. The van der Waals surface area contributed by atoms with Crippen LogP contribution < -0.4 is 0 Å². The number of alkyl halides is 4. The average Bonchev–Trinajstić information content (AvgIpc) is 2.80. The Morgan fingerprint density at radius 1 is 1.00 bits per heavy atom. The van der Waals surface area contributed by atoms with Gasteiger partial charge in [-0.25, -0.2) is 4.79 Å². The minimum absolute atomic E-state index is 0.0822. The highest BCUT2D eigenvalue weighted by molar-refractivity contribution is 7.87. The molecule has 1 N–H and O–H groups in total. The summed E-state index contributed by atoms with van der Waals surface area (Å²) in [5, 5.41) is -5.72. The number of halogens is 4. The normalized spacial score (nSPS) is 29.2. The molecule has 0 radical (unpaired) electrons. The molecule has 37 heavy (non-hydrogen) atoms. The molecule has 0 saturated heterocycles. The number of hydrogen-bond acceptors (Lipinski definition) is 7. The van der Waals surface area contributed by atoms with Gasteiger partial charge in [0.15, 0.2) is 0 Å². The summed E-state index contributed by atoms with van der Waals surface area (Å²) in [4.78, 5) is 25.3. The fourth-order valence-electron chi connectivity index (χ4n) is 6.34. The fraction of sp³-hybridized carbons (Fsp3) is 0.667. The fourth-order valence-corrected chi connectivity index (χ4v) is 6.82. The summed E-state index contributed by atoms with van der Waals surface area (Å²) in [7, 11) is -6.37. The Labute approximate surface area is 211 Å². The Hall–Kier alpha value is -2.25. The Bertz CT molecular complexity index is 1110. The summed E-state index contributed by atoms with van der Waals surface area (Å²) in [5.41, 5.74) is -1.05. The standard InChI is InChI=1S/C24H28F4O8S/c25-23(26,24(27,28)37(31,32)33)6-7-34-20(30)21-9-17-8-18(10-21)12-22(11-17,15-21)36-14-19(29)35-13-16-4-2-1-3-5-16/h1-5,17-18H,6-15H2,(H,31,32,33). The van der Waals surface area contributed by atoms with Crippen LogP contribution in [-0.4, -0.2) is 54.9 Å². The monoisotopic (exact) mass is 552 g/mol. The lowest BCUT2D eigenvalue weighted by atomic mass is 9.48. The first-order chi connectivity index (χ1) is 17.2. The van der Waals surface area contributed by atoms with Crippen LogP contribution in [0.4, 0.5) is 17.6 Å². The van der Waals surface area contributed by atoms with Crippen LogP contribution in [0.5, 0.6) is 0 Å². The van der Waals surface area contributed by atoms with Crippen LogP contribution >= 0.6 is 0 Å². The van der Waals surface area contributed by atoms with Crippen LogP contribution in [-0.2, 0) is 40.5 Å². The highest BCUT2D eigenvalue weighted by atomic mass is 32.2. The molecule has 206 valence electrons. The van der Waals surface area contributed by atoms with E-state index in [1.807, 2.05) is 30.3 Å². The molecule has 0 heterocycles. The summed E-state index contributed by atoms with van der Waals surface area (Å²) in [6.45, 7) is -1.40. The van der Waals surface area contributed by atoms with Gasteiger partial charge in [0.05, 0.1) is 24.0 Å². The van der Waals surface area contributed by atoms with Crippen molar-refractivity contribution in [3.8, 4) is 0 Å². The molecule has 2 atom stereocenters. The number of hydrogen-bond donors (Lipinski definition) is 1. The van der Waals surface area contributed by atoms with Crippen LogP contribution in [0.1, 0.15) is 50.5 Å². The van der Waals surface area contributed by atoms with E-state index in [9.17, 15) is 35.6 Å². The van der Waals surface area contributed by atoms with Gasteiger partial charge in [-0.05, 0) is 55.9 Å². The zero-order chi connectivity index (χ0) is 27.1. The largest absolute Gasteiger partial charge is 0.465 e. The van der Waals surface area contributed by atoms with E-state index < -0.39 is 57.3 Å². The van der Waals surface area contributed by atoms with Crippen molar-refractivity contribution in [1.29, 1.82) is 0 Å². The predicted molar refractivity (Wildman–Crippen MR) is 119 cm³/mol. The number of ether oxygens (including phenoxy) is 3. The molecule has 4 saturated carbocycles. The van der Waals surface area contributed by atoms with E-state index in [-0.39, 0.29) is 31.5 Å². The highest BCUT2D eigenvalue weighted by Gasteiger charge is 2.66. The zero-order valence-corrected chi connectivity index (χ0v) is 20.7. The minimum atomic E-state index is -6.37. The smallest absolute Gasteiger partial charge is 0.431 e. The molecule has 4 fully saturated rings. The van der Waals surface area contributed by atoms with Crippen molar-refractivity contribution in [2.24, 2.45) is 17.3 Å². The Morgan fingerprint density at radius 2 is 1.62 bits per heavy atom. The average molecular weight is 553 g/mol. The van der Waals surface area contributed by atoms with E-state index in [0.29, 0.717) is 25.7 Å². The molecule has 4 aliphatic carbocycles. The minimum Gasteiger partial charge on any atom is -0.465 e. The predicted octanol–water partition coefficient (Wildman–Crippen LogP) is 4.13. The lowest BCUT2D eigenvalue weighted by Crippen LogP contribution is -2.60. The number of benzene rings is 1. The van der Waals surface area contributed by atoms with Gasteiger partial charge in [-0.2, -0.15) is 26.0 Å². The first kappa shape index (κ1) is 27.8. The molecule has 0 aliphatic heterocycles. The molecule has 1 aromatic carbocycles. The third-order valence-electron chi connectivity index (χ3n) is 7.58. The molecule has 1 aromatic rings. The van der Waals surface area contributed by atoms with E-state index in [1.54, 1.807) is 0 Å². The second kappa shape index (κ2) is 9.81. The van der Waals surface area contributed by atoms with E-state index in [0.717, 1.165) is 12.0 Å². The SMILES string of the molecule is O=C(COC12CC3CC(C1)CC(C(=O)OCCC(F)(F)C(F)(F)S(=O)(=O)O)(C3)C2)OCc1ccccc1. The molecule has 0 spiro atoms. The topological polar surface area (TPSA) is 116 Å². The number of esters is 2. The maximum absolute atomic E-state index is 13.8. The van der Waals surface area contributed by atoms with Crippen LogP contribution in [0.15, 0.2) is 30.3 Å². The summed E-state index contributed by atoms with van der Waals surface area (Å²) < 4.78 is 100. The molecule has 4 bridgehead atoms. The van der Waals surface area contributed by atoms with Gasteiger partial charge in [-0.15, -0.1) is 0 Å². The number of carbonyl (C=O) groups is 2. The van der Waals surface area contributed by atoms with E-state index in [2.05, 4.69) is 0 Å². The van der Waals surface area contributed by atoms with Crippen molar-refractivity contribution >= 4 is 22.1 Å². The van der Waals surface area contributed by atoms with Crippen LogP contribution in [0, 0.1) is 17.3 Å². The van der Waals surface area contributed by atoms with Gasteiger partial charge >= 0.3 is 33.2 Å². The summed E-state index contributed by atoms with van der Waals surface area (Å²) in [6.07, 6.45) is 1.31. The quantitative estimate of drug-likeness (QED) is 0.248. The molecular weight excluding hydrogens is 524 g/mol. The molecule has 8 nitrogen and oxygen atoms in total. The van der Waals surface area contributed by atoms with Crippen molar-refractivity contribution in [2.45, 2.75) is 68.3 Å². The summed E-state index contributed by atoms with van der Waals surface area (Å²) in [5.74, 6) is -6.39. The van der Waals surface area contributed by atoms with Crippen molar-refractivity contribution in [1.82, 2.24) is 0 Å². The molecule has 5 rings (SSSR count). The van der Waals surface area contributed by atoms with E-state index >= 15 is 0 Å². The van der Waals surface area contributed by atoms with Gasteiger partial charge < -0.3 is 14.2 Å². The van der Waals surface area contributed by atoms with Gasteiger partial charge in [-0.3, -0.25) is 9.35 Å². The van der Waals surface area contributed by atoms with Crippen molar-refractivity contribution < 1.29 is 54.3 Å². The Balaban J connectivity index is 1.35. The second-order valence-electron chi connectivity index (χ2n) is 10.4. The van der Waals surface area contributed by atoms with Gasteiger partial charge in [0.2, 0.25) is 0 Å². The lowest BCUT2D eigenvalue weighted by Gasteiger charge is -2.60. The summed E-state index contributed by atoms with van der Waals surface area (Å²) in [6, 6.07) is 9.08. The van der Waals surface area contributed by atoms with Gasteiger partial charge in [0.25, 0.3) is 0 Å². The van der Waals surface area contributed by atoms with Gasteiger partial charge in [0, 0.05) is 0 Å². The van der Waals surface area contributed by atoms with Gasteiger partial charge in [0.1, 0.15) is 13.2 Å². The zero-order valence-electron chi connectivity index (χ0n) is 19.8. The summed E-state index contributed by atoms with van der Waals surface area (Å²) >= 11 is 0. The number of rotatable bonds is 11. The Kier molecular flexibility index (Phi) is 7.36. The molecule has 2 unspecified atom stereocenters. The van der Waals surface area contributed by atoms with Gasteiger partial charge in [-0.1, -0.05) is 30.3 Å². The van der Waals surface area contributed by atoms with Crippen LogP contribution in [0.3, 0.4) is 0 Å². The highest BCUT2D eigenvalue weighted by Crippen LogP contribution is 2.63. The third kappa shape index (κ3) is 5.63.